The topological polar surface area (TPSA) is 41.6 Å². The molecular weight excluding hydrogens is 295 g/mol. The molecule has 0 radical (unpaired) electrons. The normalized spacial score (nSPS) is 28.8. The first-order valence-electron chi connectivity index (χ1n) is 4.96. The van der Waals surface area contributed by atoms with Gasteiger partial charge in [0.1, 0.15) is 29.6 Å². The maximum atomic E-state index is 11.3. The number of hydrazine groups is 1. The van der Waals surface area contributed by atoms with Gasteiger partial charge in [-0.05, 0) is 26.7 Å². The Labute approximate surface area is 99.0 Å². The minimum absolute atomic E-state index is 0.0694. The van der Waals surface area contributed by atoms with E-state index in [1.807, 2.05) is 5.01 Å². The van der Waals surface area contributed by atoms with Crippen LogP contribution in [0.25, 0.3) is 0 Å². The number of hydrogen-bond donors (Lipinski definition) is 1. The zero-order chi connectivity index (χ0) is 10.6. The van der Waals surface area contributed by atoms with E-state index in [1.54, 1.807) is 23.0 Å². The highest BCUT2D eigenvalue weighted by atomic mass is 127. The lowest BCUT2D eigenvalue weighted by Crippen LogP contribution is -2.54. The third-order valence-corrected chi connectivity index (χ3v) is 2.94. The summed E-state index contributed by atoms with van der Waals surface area (Å²) < 4.78 is 4.75. The van der Waals surface area contributed by atoms with Gasteiger partial charge in [-0.1, -0.05) is 6.42 Å². The first-order valence-corrected chi connectivity index (χ1v) is 5.84. The predicted octanol–water partition coefficient (Wildman–Crippen LogP) is 1.65. The molecule has 0 aromatic rings. The minimum Gasteiger partial charge on any atom is -0.306 e. The highest BCUT2D eigenvalue weighted by Gasteiger charge is 2.25. The van der Waals surface area contributed by atoms with Crippen molar-refractivity contribution < 1.29 is 7.86 Å². The van der Waals surface area contributed by atoms with Crippen LogP contribution in [0.2, 0.25) is 0 Å². The minimum atomic E-state index is -0.0694. The Balaban J connectivity index is 2.43. The van der Waals surface area contributed by atoms with Gasteiger partial charge in [0.05, 0.1) is 0 Å². The number of nitrogens with one attached hydrogen (secondary N) is 1. The summed E-state index contributed by atoms with van der Waals surface area (Å²) in [6.07, 6.45) is 3.54. The Kier molecular flexibility index (Phi) is 5.11. The lowest BCUT2D eigenvalue weighted by Gasteiger charge is -2.38. The van der Waals surface area contributed by atoms with Crippen LogP contribution in [0.3, 0.4) is 0 Å². The van der Waals surface area contributed by atoms with Crippen LogP contribution in [-0.4, -0.2) is 29.6 Å². The van der Waals surface area contributed by atoms with E-state index in [-0.39, 0.29) is 12.5 Å². The molecule has 82 valence electrons. The van der Waals surface area contributed by atoms with Crippen molar-refractivity contribution in [1.29, 1.82) is 0 Å². The number of piperidine rings is 1. The smallest absolute Gasteiger partial charge is 0.261 e. The van der Waals surface area contributed by atoms with E-state index >= 15 is 0 Å². The highest BCUT2D eigenvalue weighted by molar-refractivity contribution is 14.1. The van der Waals surface area contributed by atoms with Gasteiger partial charge in [-0.15, -0.1) is 0 Å². The lowest BCUT2D eigenvalue weighted by molar-refractivity contribution is -0.130. The highest BCUT2D eigenvalue weighted by Crippen LogP contribution is 2.19. The van der Waals surface area contributed by atoms with Gasteiger partial charge in [0.25, 0.3) is 5.91 Å². The van der Waals surface area contributed by atoms with Gasteiger partial charge in [0.15, 0.2) is 0 Å². The standard InChI is InChI=1S/C9H17IN2O2/c1-7-4-3-5-8(2)12(7)11-9(13)6-14-10/h7-8H,3-6H2,1-2H3,(H,11,13). The van der Waals surface area contributed by atoms with Crippen molar-refractivity contribution >= 4 is 28.9 Å². The predicted molar refractivity (Wildman–Crippen MR) is 62.7 cm³/mol. The van der Waals surface area contributed by atoms with Crippen LogP contribution in [-0.2, 0) is 7.86 Å². The number of hydrogen-bond acceptors (Lipinski definition) is 3. The summed E-state index contributed by atoms with van der Waals surface area (Å²) >= 11 is 1.73. The maximum absolute atomic E-state index is 11.3. The molecule has 1 N–H and O–H groups in total. The van der Waals surface area contributed by atoms with E-state index in [4.69, 9.17) is 3.07 Å². The Morgan fingerprint density at radius 2 is 2.07 bits per heavy atom. The van der Waals surface area contributed by atoms with E-state index in [1.165, 1.54) is 6.42 Å². The number of carbonyl (C=O) groups is 1. The quantitative estimate of drug-likeness (QED) is 0.806. The number of halogens is 1. The van der Waals surface area contributed by atoms with Gasteiger partial charge in [-0.25, -0.2) is 5.01 Å². The summed E-state index contributed by atoms with van der Waals surface area (Å²) in [6.45, 7) is 4.40. The fourth-order valence-corrected chi connectivity index (χ4v) is 2.15. The van der Waals surface area contributed by atoms with Crippen molar-refractivity contribution in [3.63, 3.8) is 0 Å². The van der Waals surface area contributed by atoms with Gasteiger partial charge in [0.2, 0.25) is 0 Å². The molecule has 14 heavy (non-hydrogen) atoms. The second kappa shape index (κ2) is 5.87. The molecular formula is C9H17IN2O2. The first-order chi connectivity index (χ1) is 6.65. The molecule has 1 fully saturated rings. The number of amides is 1. The van der Waals surface area contributed by atoms with Crippen LogP contribution >= 0.6 is 23.0 Å². The SMILES string of the molecule is CC1CCCC(C)N1NC(=O)COI. The summed E-state index contributed by atoms with van der Waals surface area (Å²) in [5, 5.41) is 2.04. The molecule has 1 amide bonds. The number of rotatable bonds is 3. The van der Waals surface area contributed by atoms with Crippen LogP contribution in [0.4, 0.5) is 0 Å². The van der Waals surface area contributed by atoms with Gasteiger partial charge in [-0.2, -0.15) is 0 Å². The second-order valence-corrected chi connectivity index (χ2v) is 4.45. The molecule has 0 aromatic heterocycles. The molecule has 1 aliphatic rings. The van der Waals surface area contributed by atoms with Crippen molar-refractivity contribution in [2.45, 2.75) is 45.2 Å². The van der Waals surface area contributed by atoms with Crippen molar-refractivity contribution in [1.82, 2.24) is 10.4 Å². The number of nitrogens with zero attached hydrogens (tertiary/aromatic N) is 1. The summed E-state index contributed by atoms with van der Waals surface area (Å²) in [6, 6.07) is 0.855. The molecule has 0 bridgehead atoms. The molecule has 1 aliphatic heterocycles. The maximum Gasteiger partial charge on any atom is 0.261 e. The zero-order valence-electron chi connectivity index (χ0n) is 8.62. The molecule has 1 heterocycles. The van der Waals surface area contributed by atoms with Crippen molar-refractivity contribution in [2.24, 2.45) is 0 Å². The molecule has 0 spiro atoms. The fraction of sp³-hybridized carbons (Fsp3) is 0.889. The van der Waals surface area contributed by atoms with E-state index in [2.05, 4.69) is 19.3 Å². The summed E-state index contributed by atoms with van der Waals surface area (Å²) in [7, 11) is 0. The molecule has 2 atom stereocenters. The van der Waals surface area contributed by atoms with E-state index in [0.29, 0.717) is 12.1 Å². The largest absolute Gasteiger partial charge is 0.306 e. The molecule has 2 unspecified atom stereocenters. The third-order valence-electron chi connectivity index (χ3n) is 2.63. The van der Waals surface area contributed by atoms with Crippen molar-refractivity contribution in [3.8, 4) is 0 Å². The van der Waals surface area contributed by atoms with Crippen LogP contribution in [0.15, 0.2) is 0 Å². The van der Waals surface area contributed by atoms with Crippen molar-refractivity contribution in [2.75, 3.05) is 6.61 Å². The van der Waals surface area contributed by atoms with Crippen LogP contribution in [0, 0.1) is 0 Å². The Morgan fingerprint density at radius 3 is 2.57 bits per heavy atom. The summed E-state index contributed by atoms with van der Waals surface area (Å²) in [4.78, 5) is 11.3. The first kappa shape index (κ1) is 12.2. The Hall–Kier alpha value is 0.120. The summed E-state index contributed by atoms with van der Waals surface area (Å²) in [5.74, 6) is -0.0694. The van der Waals surface area contributed by atoms with Gasteiger partial charge < -0.3 is 3.07 Å². The average molecular weight is 312 g/mol. The van der Waals surface area contributed by atoms with Gasteiger partial charge in [0, 0.05) is 12.1 Å². The Morgan fingerprint density at radius 1 is 1.50 bits per heavy atom. The third kappa shape index (κ3) is 3.36. The van der Waals surface area contributed by atoms with E-state index in [9.17, 15) is 4.79 Å². The molecule has 4 nitrogen and oxygen atoms in total. The average Bonchev–Trinajstić information content (AvgIpc) is 2.12. The molecule has 1 saturated heterocycles. The van der Waals surface area contributed by atoms with Crippen LogP contribution < -0.4 is 5.43 Å². The van der Waals surface area contributed by atoms with Gasteiger partial charge >= 0.3 is 0 Å². The molecule has 0 aliphatic carbocycles. The zero-order valence-corrected chi connectivity index (χ0v) is 10.8. The molecule has 5 heteroatoms. The van der Waals surface area contributed by atoms with E-state index in [0.717, 1.165) is 12.8 Å². The van der Waals surface area contributed by atoms with Gasteiger partial charge in [-0.3, -0.25) is 10.2 Å². The fourth-order valence-electron chi connectivity index (χ4n) is 1.87. The van der Waals surface area contributed by atoms with Crippen LogP contribution in [0.1, 0.15) is 33.1 Å². The van der Waals surface area contributed by atoms with Crippen LogP contribution in [0.5, 0.6) is 0 Å². The second-order valence-electron chi connectivity index (χ2n) is 3.82. The monoisotopic (exact) mass is 312 g/mol. The van der Waals surface area contributed by atoms with E-state index < -0.39 is 0 Å². The lowest BCUT2D eigenvalue weighted by atomic mass is 10.00. The molecule has 0 saturated carbocycles. The van der Waals surface area contributed by atoms with Crippen molar-refractivity contribution in [3.05, 3.63) is 0 Å². The molecule has 0 aromatic carbocycles. The summed E-state index contributed by atoms with van der Waals surface area (Å²) in [5.41, 5.74) is 2.88. The molecule has 1 rings (SSSR count). The Bertz CT molecular complexity index is 191. The number of carbonyl (C=O) groups excluding carboxylic acids is 1.